The minimum absolute atomic E-state index is 0.0607. The summed E-state index contributed by atoms with van der Waals surface area (Å²) in [4.78, 5) is 0. The average molecular weight is 268 g/mol. The first-order valence-electron chi connectivity index (χ1n) is 4.48. The molecular formula is C10H9Cl3O2. The van der Waals surface area contributed by atoms with Crippen LogP contribution in [0.5, 0.6) is 0 Å². The summed E-state index contributed by atoms with van der Waals surface area (Å²) < 4.78 is 11.0. The molecule has 0 amide bonds. The van der Waals surface area contributed by atoms with Crippen molar-refractivity contribution in [1.82, 2.24) is 0 Å². The van der Waals surface area contributed by atoms with Gasteiger partial charge >= 0.3 is 0 Å². The van der Waals surface area contributed by atoms with Gasteiger partial charge in [-0.3, -0.25) is 0 Å². The Morgan fingerprint density at radius 2 is 1.87 bits per heavy atom. The van der Waals surface area contributed by atoms with Crippen molar-refractivity contribution in [3.8, 4) is 0 Å². The van der Waals surface area contributed by atoms with Crippen LogP contribution in [0, 0.1) is 0 Å². The summed E-state index contributed by atoms with van der Waals surface area (Å²) in [7, 11) is 0. The van der Waals surface area contributed by atoms with Crippen molar-refractivity contribution in [3.63, 3.8) is 0 Å². The second kappa shape index (κ2) is 4.89. The zero-order valence-corrected chi connectivity index (χ0v) is 10.0. The molecule has 1 aromatic carbocycles. The first-order chi connectivity index (χ1) is 7.19. The van der Waals surface area contributed by atoms with Crippen molar-refractivity contribution in [1.29, 1.82) is 0 Å². The molecule has 1 aliphatic rings. The lowest BCUT2D eigenvalue weighted by molar-refractivity contribution is -0.0567. The molecule has 1 fully saturated rings. The minimum atomic E-state index is -0.412. The Labute approximate surface area is 103 Å². The highest BCUT2D eigenvalue weighted by Crippen LogP contribution is 2.31. The monoisotopic (exact) mass is 266 g/mol. The van der Waals surface area contributed by atoms with E-state index in [0.29, 0.717) is 22.5 Å². The van der Waals surface area contributed by atoms with E-state index in [1.165, 1.54) is 0 Å². The number of rotatable bonds is 2. The SMILES string of the molecule is ClCC1COC(c2cc(Cl)cc(Cl)c2)O1. The molecule has 1 saturated heterocycles. The Morgan fingerprint density at radius 3 is 2.40 bits per heavy atom. The molecule has 2 atom stereocenters. The number of ether oxygens (including phenoxy) is 2. The molecule has 1 aliphatic heterocycles. The molecule has 2 unspecified atom stereocenters. The molecule has 0 aromatic heterocycles. The highest BCUT2D eigenvalue weighted by atomic mass is 35.5. The molecule has 2 rings (SSSR count). The van der Waals surface area contributed by atoms with Crippen LogP contribution in [0.2, 0.25) is 10.0 Å². The van der Waals surface area contributed by atoms with Gasteiger partial charge in [-0.05, 0) is 18.2 Å². The Kier molecular flexibility index (Phi) is 3.75. The van der Waals surface area contributed by atoms with E-state index in [-0.39, 0.29) is 6.10 Å². The highest BCUT2D eigenvalue weighted by molar-refractivity contribution is 6.34. The second-order valence-electron chi connectivity index (χ2n) is 3.28. The third-order valence-electron chi connectivity index (χ3n) is 2.08. The van der Waals surface area contributed by atoms with E-state index in [1.54, 1.807) is 18.2 Å². The maximum Gasteiger partial charge on any atom is 0.184 e. The summed E-state index contributed by atoms with van der Waals surface area (Å²) >= 11 is 17.4. The summed E-state index contributed by atoms with van der Waals surface area (Å²) in [6.07, 6.45) is -0.473. The predicted octanol–water partition coefficient (Wildman–Crippen LogP) is 3.65. The maximum atomic E-state index is 5.88. The lowest BCUT2D eigenvalue weighted by Gasteiger charge is -2.11. The van der Waals surface area contributed by atoms with Crippen LogP contribution in [-0.4, -0.2) is 18.6 Å². The van der Waals surface area contributed by atoms with Gasteiger partial charge in [-0.25, -0.2) is 0 Å². The highest BCUT2D eigenvalue weighted by Gasteiger charge is 2.26. The Balaban J connectivity index is 2.16. The Bertz CT molecular complexity index is 336. The molecule has 1 aromatic rings. The smallest absolute Gasteiger partial charge is 0.184 e. The molecule has 0 saturated carbocycles. The maximum absolute atomic E-state index is 5.88. The molecule has 1 heterocycles. The number of hydrogen-bond acceptors (Lipinski definition) is 2. The van der Waals surface area contributed by atoms with Crippen LogP contribution in [0.4, 0.5) is 0 Å². The van der Waals surface area contributed by atoms with Gasteiger partial charge in [0.15, 0.2) is 6.29 Å². The number of benzene rings is 1. The second-order valence-corrected chi connectivity index (χ2v) is 4.46. The van der Waals surface area contributed by atoms with Crippen LogP contribution in [0.3, 0.4) is 0 Å². The van der Waals surface area contributed by atoms with Crippen LogP contribution >= 0.6 is 34.8 Å². The summed E-state index contributed by atoms with van der Waals surface area (Å²) in [6, 6.07) is 5.21. The molecule has 0 N–H and O–H groups in total. The molecule has 5 heteroatoms. The van der Waals surface area contributed by atoms with Crippen molar-refractivity contribution < 1.29 is 9.47 Å². The standard InChI is InChI=1S/C10H9Cl3O2/c11-4-9-5-14-10(15-9)6-1-7(12)3-8(13)2-6/h1-3,9-10H,4-5H2. The van der Waals surface area contributed by atoms with Gasteiger partial charge in [-0.15, -0.1) is 11.6 Å². The summed E-state index contributed by atoms with van der Waals surface area (Å²) in [6.45, 7) is 0.498. The molecular weight excluding hydrogens is 258 g/mol. The first kappa shape index (κ1) is 11.5. The molecule has 2 nitrogen and oxygen atoms in total. The molecule has 0 aliphatic carbocycles. The fraction of sp³-hybridized carbons (Fsp3) is 0.400. The van der Waals surface area contributed by atoms with Gasteiger partial charge in [-0.2, -0.15) is 0 Å². The summed E-state index contributed by atoms with van der Waals surface area (Å²) in [5.41, 5.74) is 0.820. The quantitative estimate of drug-likeness (QED) is 0.762. The van der Waals surface area contributed by atoms with E-state index < -0.39 is 6.29 Å². The van der Waals surface area contributed by atoms with Crippen molar-refractivity contribution >= 4 is 34.8 Å². The van der Waals surface area contributed by atoms with E-state index >= 15 is 0 Å². The van der Waals surface area contributed by atoms with Crippen LogP contribution < -0.4 is 0 Å². The zero-order valence-electron chi connectivity index (χ0n) is 7.75. The van der Waals surface area contributed by atoms with E-state index in [1.807, 2.05) is 0 Å². The largest absolute Gasteiger partial charge is 0.346 e. The van der Waals surface area contributed by atoms with Crippen LogP contribution in [0.15, 0.2) is 18.2 Å². The zero-order chi connectivity index (χ0) is 10.8. The molecule has 0 radical (unpaired) electrons. The summed E-state index contributed by atoms with van der Waals surface area (Å²) in [5, 5.41) is 1.14. The average Bonchev–Trinajstić information content (AvgIpc) is 2.64. The first-order valence-corrected chi connectivity index (χ1v) is 5.77. The topological polar surface area (TPSA) is 18.5 Å². The normalized spacial score (nSPS) is 25.8. The van der Waals surface area contributed by atoms with E-state index in [9.17, 15) is 0 Å². The number of alkyl halides is 1. The van der Waals surface area contributed by atoms with E-state index in [0.717, 1.165) is 5.56 Å². The van der Waals surface area contributed by atoms with E-state index in [4.69, 9.17) is 44.3 Å². The third-order valence-corrected chi connectivity index (χ3v) is 2.86. The van der Waals surface area contributed by atoms with Gasteiger partial charge in [0.2, 0.25) is 0 Å². The van der Waals surface area contributed by atoms with Gasteiger partial charge in [0.25, 0.3) is 0 Å². The molecule has 0 spiro atoms. The van der Waals surface area contributed by atoms with Crippen molar-refractivity contribution in [2.45, 2.75) is 12.4 Å². The molecule has 0 bridgehead atoms. The van der Waals surface area contributed by atoms with Gasteiger partial charge in [0, 0.05) is 15.6 Å². The number of halogens is 3. The molecule has 15 heavy (non-hydrogen) atoms. The van der Waals surface area contributed by atoms with Gasteiger partial charge in [-0.1, -0.05) is 23.2 Å². The Morgan fingerprint density at radius 1 is 1.20 bits per heavy atom. The minimum Gasteiger partial charge on any atom is -0.346 e. The fourth-order valence-electron chi connectivity index (χ4n) is 1.42. The van der Waals surface area contributed by atoms with Crippen molar-refractivity contribution in [3.05, 3.63) is 33.8 Å². The van der Waals surface area contributed by atoms with Gasteiger partial charge in [0.05, 0.1) is 18.6 Å². The number of hydrogen-bond donors (Lipinski definition) is 0. The van der Waals surface area contributed by atoms with Gasteiger partial charge < -0.3 is 9.47 Å². The van der Waals surface area contributed by atoms with E-state index in [2.05, 4.69) is 0 Å². The lowest BCUT2D eigenvalue weighted by Crippen LogP contribution is -2.10. The summed E-state index contributed by atoms with van der Waals surface area (Å²) in [5.74, 6) is 0.421. The van der Waals surface area contributed by atoms with Crippen LogP contribution in [0.1, 0.15) is 11.9 Å². The van der Waals surface area contributed by atoms with Crippen molar-refractivity contribution in [2.75, 3.05) is 12.5 Å². The lowest BCUT2D eigenvalue weighted by atomic mass is 10.2. The van der Waals surface area contributed by atoms with Crippen molar-refractivity contribution in [2.24, 2.45) is 0 Å². The van der Waals surface area contributed by atoms with Crippen LogP contribution in [-0.2, 0) is 9.47 Å². The fourth-order valence-corrected chi connectivity index (χ4v) is 2.12. The molecule has 82 valence electrons. The Hall–Kier alpha value is 0.01000. The van der Waals surface area contributed by atoms with Gasteiger partial charge in [0.1, 0.15) is 0 Å². The third kappa shape index (κ3) is 2.77. The predicted molar refractivity (Wildman–Crippen MR) is 60.7 cm³/mol. The van der Waals surface area contributed by atoms with Crippen LogP contribution in [0.25, 0.3) is 0 Å².